The number of carbonyl (C=O) groups is 1. The summed E-state index contributed by atoms with van der Waals surface area (Å²) in [7, 11) is -0.553. The number of carbonyl (C=O) groups excluding carboxylic acids is 1. The van der Waals surface area contributed by atoms with Crippen LogP contribution in [-0.2, 0) is 20.6 Å². The second-order valence-corrected chi connectivity index (χ2v) is 12.7. The van der Waals surface area contributed by atoms with Crippen molar-refractivity contribution in [2.24, 2.45) is 5.11 Å². The van der Waals surface area contributed by atoms with Gasteiger partial charge in [-0.15, -0.1) is 0 Å². The van der Waals surface area contributed by atoms with Gasteiger partial charge in [0.2, 0.25) is 0 Å². The van der Waals surface area contributed by atoms with Crippen LogP contribution in [0.1, 0.15) is 55.9 Å². The first-order chi connectivity index (χ1) is 20.6. The average molecular weight is 580 g/mol. The van der Waals surface area contributed by atoms with Gasteiger partial charge in [-0.3, -0.25) is 4.90 Å². The van der Waals surface area contributed by atoms with Gasteiger partial charge in [-0.1, -0.05) is 65.8 Å². The predicted molar refractivity (Wildman–Crippen MR) is 168 cm³/mol. The zero-order valence-electron chi connectivity index (χ0n) is 25.5. The third kappa shape index (κ3) is 5.52. The number of hydrogen-bond acceptors (Lipinski definition) is 6. The smallest absolute Gasteiger partial charge is 0.448 e. The fourth-order valence-corrected chi connectivity index (χ4v) is 6.23. The van der Waals surface area contributed by atoms with Gasteiger partial charge in [0.1, 0.15) is 6.61 Å². The molecular weight excluding hydrogens is 541 g/mol. The van der Waals surface area contributed by atoms with Gasteiger partial charge in [-0.25, -0.2) is 4.79 Å². The van der Waals surface area contributed by atoms with Crippen LogP contribution in [0.25, 0.3) is 21.6 Å². The Balaban J connectivity index is 1.09. The van der Waals surface area contributed by atoms with E-state index in [1.165, 1.54) is 22.3 Å². The summed E-state index contributed by atoms with van der Waals surface area (Å²) in [5.74, 6) is 0.0436. The fraction of sp³-hybridized carbons (Fsp3) is 0.424. The Morgan fingerprint density at radius 1 is 0.977 bits per heavy atom. The van der Waals surface area contributed by atoms with Crippen molar-refractivity contribution >= 4 is 24.4 Å². The number of rotatable bonds is 6. The van der Waals surface area contributed by atoms with Crippen molar-refractivity contribution in [3.05, 3.63) is 93.4 Å². The molecule has 0 aromatic heterocycles. The van der Waals surface area contributed by atoms with Crippen LogP contribution in [-0.4, -0.2) is 67.0 Å². The molecule has 2 heterocycles. The van der Waals surface area contributed by atoms with Gasteiger partial charge in [-0.05, 0) is 79.0 Å². The van der Waals surface area contributed by atoms with Gasteiger partial charge >= 0.3 is 13.2 Å². The molecule has 222 valence electrons. The highest BCUT2D eigenvalue weighted by Gasteiger charge is 2.51. The lowest BCUT2D eigenvalue weighted by Crippen LogP contribution is -2.48. The second kappa shape index (κ2) is 11.4. The molecule has 6 rings (SSSR count). The lowest BCUT2D eigenvalue weighted by Gasteiger charge is -2.34. The molecule has 2 aliphatic heterocycles. The van der Waals surface area contributed by atoms with E-state index in [1.807, 2.05) is 52.8 Å². The molecule has 0 atom stereocenters. The van der Waals surface area contributed by atoms with Crippen molar-refractivity contribution in [3.63, 3.8) is 0 Å². The monoisotopic (exact) mass is 579 g/mol. The van der Waals surface area contributed by atoms with Crippen LogP contribution in [0.2, 0.25) is 0 Å². The van der Waals surface area contributed by atoms with Crippen LogP contribution < -0.4 is 5.46 Å². The van der Waals surface area contributed by atoms with Gasteiger partial charge < -0.3 is 18.9 Å². The van der Waals surface area contributed by atoms with Crippen molar-refractivity contribution in [1.29, 1.82) is 0 Å². The minimum absolute atomic E-state index is 0.0436. The molecule has 10 heteroatoms. The van der Waals surface area contributed by atoms with Gasteiger partial charge in [0.15, 0.2) is 0 Å². The van der Waals surface area contributed by atoms with E-state index in [2.05, 4.69) is 57.4 Å². The van der Waals surface area contributed by atoms with Crippen LogP contribution >= 0.6 is 0 Å². The van der Waals surface area contributed by atoms with E-state index in [9.17, 15) is 10.3 Å². The highest BCUT2D eigenvalue weighted by molar-refractivity contribution is 6.62. The van der Waals surface area contributed by atoms with Gasteiger partial charge in [0, 0.05) is 49.2 Å². The second-order valence-electron chi connectivity index (χ2n) is 12.7. The van der Waals surface area contributed by atoms with E-state index in [-0.39, 0.29) is 12.0 Å². The Bertz CT molecular complexity index is 1530. The van der Waals surface area contributed by atoms with Crippen molar-refractivity contribution in [2.75, 3.05) is 32.8 Å². The van der Waals surface area contributed by atoms with Crippen LogP contribution in [0.3, 0.4) is 0 Å². The Morgan fingerprint density at radius 2 is 1.56 bits per heavy atom. The first-order valence-corrected chi connectivity index (χ1v) is 14.9. The van der Waals surface area contributed by atoms with Crippen molar-refractivity contribution in [1.82, 2.24) is 9.80 Å². The number of piperazine rings is 1. The number of benzene rings is 3. The molecule has 3 aliphatic rings. The summed E-state index contributed by atoms with van der Waals surface area (Å²) in [5.41, 5.74) is 16.5. The maximum Gasteiger partial charge on any atom is 0.494 e. The van der Waals surface area contributed by atoms with Crippen LogP contribution in [0.15, 0.2) is 65.8 Å². The first kappa shape index (κ1) is 29.3. The molecule has 0 radical (unpaired) electrons. The third-order valence-electron chi connectivity index (χ3n) is 9.55. The number of fused-ring (bicyclic) bond motifs is 3. The lowest BCUT2D eigenvalue weighted by molar-refractivity contribution is 0.00578. The molecular formula is C33H38BN5O4. The summed E-state index contributed by atoms with van der Waals surface area (Å²) in [6.07, 6.45) is -0.272. The molecule has 0 spiro atoms. The van der Waals surface area contributed by atoms with E-state index in [1.54, 1.807) is 4.90 Å². The summed E-state index contributed by atoms with van der Waals surface area (Å²) >= 11 is 0. The summed E-state index contributed by atoms with van der Waals surface area (Å²) < 4.78 is 18.5. The molecule has 43 heavy (non-hydrogen) atoms. The lowest BCUT2D eigenvalue weighted by atomic mass is 9.77. The zero-order valence-corrected chi connectivity index (χ0v) is 25.5. The van der Waals surface area contributed by atoms with Crippen molar-refractivity contribution in [2.45, 2.75) is 58.3 Å². The Labute approximate surface area is 253 Å². The maximum absolute atomic E-state index is 13.1. The molecule has 0 bridgehead atoms. The maximum atomic E-state index is 13.1. The van der Waals surface area contributed by atoms with Gasteiger partial charge in [-0.2, -0.15) is 0 Å². The highest BCUT2D eigenvalue weighted by atomic mass is 16.7. The quantitative estimate of drug-likeness (QED) is 0.148. The highest BCUT2D eigenvalue weighted by Crippen LogP contribution is 2.44. The van der Waals surface area contributed by atoms with E-state index in [4.69, 9.17) is 14.0 Å². The fourth-order valence-electron chi connectivity index (χ4n) is 6.23. The van der Waals surface area contributed by atoms with Crippen molar-refractivity contribution < 1.29 is 18.8 Å². The molecule has 2 fully saturated rings. The normalized spacial score (nSPS) is 19.1. The minimum atomic E-state index is -0.553. The Kier molecular flexibility index (Phi) is 7.73. The molecule has 3 aromatic rings. The van der Waals surface area contributed by atoms with Gasteiger partial charge in [0.05, 0.1) is 11.2 Å². The molecule has 0 unspecified atom stereocenters. The van der Waals surface area contributed by atoms with Crippen LogP contribution in [0, 0.1) is 6.92 Å². The van der Waals surface area contributed by atoms with E-state index < -0.39 is 18.3 Å². The predicted octanol–water partition coefficient (Wildman–Crippen LogP) is 6.30. The van der Waals surface area contributed by atoms with E-state index >= 15 is 0 Å². The number of nitrogens with zero attached hydrogens (tertiary/aromatic N) is 5. The van der Waals surface area contributed by atoms with Crippen molar-refractivity contribution in [3.8, 4) is 11.1 Å². The van der Waals surface area contributed by atoms with E-state index in [0.717, 1.165) is 16.6 Å². The zero-order chi connectivity index (χ0) is 30.4. The largest absolute Gasteiger partial charge is 0.494 e. The molecule has 9 nitrogen and oxygen atoms in total. The molecule has 0 N–H and O–H groups in total. The molecule has 0 saturated carbocycles. The summed E-state index contributed by atoms with van der Waals surface area (Å²) in [5, 5.41) is 3.96. The topological polar surface area (TPSA) is 100 Å². The summed E-state index contributed by atoms with van der Waals surface area (Å²) in [4.78, 5) is 20.3. The number of azide groups is 1. The Morgan fingerprint density at radius 3 is 2.14 bits per heavy atom. The average Bonchev–Trinajstić information content (AvgIpc) is 3.43. The third-order valence-corrected chi connectivity index (χ3v) is 9.55. The molecule has 3 aromatic carbocycles. The molecule has 2 saturated heterocycles. The summed E-state index contributed by atoms with van der Waals surface area (Å²) in [6, 6.07) is 20.7. The van der Waals surface area contributed by atoms with Gasteiger partial charge in [0.25, 0.3) is 0 Å². The number of ether oxygens (including phenoxy) is 1. The number of hydrogen-bond donors (Lipinski definition) is 0. The SMILES string of the molecule is Cc1c(CN2CCN(C(=O)OCC3c4ccccc4-c4ccccc43)CC2)cc(B2OC(C)(C)C(C)(C)O2)cc1N=[N+]=[N-]. The Hall–Kier alpha value is -3.82. The summed E-state index contributed by atoms with van der Waals surface area (Å²) in [6.45, 7) is 13.6. The first-order valence-electron chi connectivity index (χ1n) is 14.9. The minimum Gasteiger partial charge on any atom is -0.448 e. The number of amides is 1. The molecule has 1 amide bonds. The standard InChI is InChI=1S/C33H38BN5O4/c1-22-23(18-24(19-30(22)36-37-35)34-42-32(2,3)33(4,5)43-34)20-38-14-16-39(17-15-38)31(40)41-21-29-27-12-8-6-10-25(27)26-11-7-9-13-28(26)29/h6-13,18-19,29H,14-17,20-21H2,1-5H3. The molecule has 1 aliphatic carbocycles. The van der Waals surface area contributed by atoms with E-state index in [0.29, 0.717) is 45.0 Å². The van der Waals surface area contributed by atoms with Crippen LogP contribution in [0.4, 0.5) is 10.5 Å². The van der Waals surface area contributed by atoms with Crippen LogP contribution in [0.5, 0.6) is 0 Å².